The molecule has 6 heteroatoms. The predicted molar refractivity (Wildman–Crippen MR) is 83.0 cm³/mol. The monoisotopic (exact) mass is 313 g/mol. The Morgan fingerprint density at radius 2 is 1.96 bits per heavy atom. The average Bonchev–Trinajstić information content (AvgIpc) is 2.99. The highest BCUT2D eigenvalue weighted by atomic mass is 19.1. The quantitative estimate of drug-likeness (QED) is 0.786. The van der Waals surface area contributed by atoms with E-state index >= 15 is 0 Å². The van der Waals surface area contributed by atoms with Crippen molar-refractivity contribution < 1.29 is 14.2 Å². The normalized spacial score (nSPS) is 10.7. The molecule has 0 aliphatic heterocycles. The largest absolute Gasteiger partial charge is 0.497 e. The zero-order valence-electron chi connectivity index (χ0n) is 12.6. The van der Waals surface area contributed by atoms with Gasteiger partial charge in [0.05, 0.1) is 25.1 Å². The minimum atomic E-state index is -0.282. The molecule has 0 radical (unpaired) electrons. The first-order valence-corrected chi connectivity index (χ1v) is 7.14. The number of halogens is 1. The number of ether oxygens (including phenoxy) is 1. The zero-order chi connectivity index (χ0) is 16.2. The second-order valence-corrected chi connectivity index (χ2v) is 5.06. The molecular weight excluding hydrogens is 297 g/mol. The first-order chi connectivity index (χ1) is 11.2. The molecule has 5 nitrogen and oxygen atoms in total. The van der Waals surface area contributed by atoms with Crippen molar-refractivity contribution in [1.82, 2.24) is 15.0 Å². The minimum absolute atomic E-state index is 0.208. The molecule has 2 aromatic carbocycles. The van der Waals surface area contributed by atoms with E-state index < -0.39 is 0 Å². The van der Waals surface area contributed by atoms with E-state index in [-0.39, 0.29) is 12.4 Å². The number of aliphatic hydroxyl groups excluding tert-OH is 1. The Balaban J connectivity index is 2.01. The standard InChI is InChI=1S/C17H16FN3O2/c1-23-15-4-2-3-14(10-15)21-17(16(11-22)19-20-21)9-12-5-7-13(18)8-6-12/h2-8,10,22H,9,11H2,1H3. The van der Waals surface area contributed by atoms with Crippen molar-refractivity contribution in [2.75, 3.05) is 7.11 Å². The lowest BCUT2D eigenvalue weighted by Crippen LogP contribution is -2.05. The highest BCUT2D eigenvalue weighted by molar-refractivity contribution is 5.41. The van der Waals surface area contributed by atoms with Gasteiger partial charge in [0.2, 0.25) is 0 Å². The fourth-order valence-corrected chi connectivity index (χ4v) is 2.38. The summed E-state index contributed by atoms with van der Waals surface area (Å²) in [4.78, 5) is 0. The van der Waals surface area contributed by atoms with Gasteiger partial charge in [-0.2, -0.15) is 0 Å². The van der Waals surface area contributed by atoms with E-state index in [0.717, 1.165) is 16.9 Å². The summed E-state index contributed by atoms with van der Waals surface area (Å²) in [6.07, 6.45) is 0.486. The third kappa shape index (κ3) is 3.22. The van der Waals surface area contributed by atoms with Gasteiger partial charge in [0, 0.05) is 12.5 Å². The van der Waals surface area contributed by atoms with Gasteiger partial charge in [0.15, 0.2) is 0 Å². The number of methoxy groups -OCH3 is 1. The van der Waals surface area contributed by atoms with E-state index in [0.29, 0.717) is 17.9 Å². The molecule has 0 aliphatic rings. The SMILES string of the molecule is COc1cccc(-n2nnc(CO)c2Cc2ccc(F)cc2)c1. The van der Waals surface area contributed by atoms with Crippen LogP contribution >= 0.6 is 0 Å². The molecule has 3 rings (SSSR count). The Bertz CT molecular complexity index is 800. The lowest BCUT2D eigenvalue weighted by molar-refractivity contribution is 0.275. The van der Waals surface area contributed by atoms with Crippen molar-refractivity contribution in [2.45, 2.75) is 13.0 Å². The molecule has 3 aromatic rings. The Kier molecular flexibility index (Phi) is 4.34. The molecule has 0 unspecified atom stereocenters. The summed E-state index contributed by atoms with van der Waals surface area (Å²) in [6, 6.07) is 13.7. The maximum absolute atomic E-state index is 13.1. The van der Waals surface area contributed by atoms with Crippen LogP contribution in [0.15, 0.2) is 48.5 Å². The Morgan fingerprint density at radius 3 is 2.65 bits per heavy atom. The number of aliphatic hydroxyl groups is 1. The fourth-order valence-electron chi connectivity index (χ4n) is 2.38. The van der Waals surface area contributed by atoms with Gasteiger partial charge < -0.3 is 9.84 Å². The molecule has 0 saturated carbocycles. The maximum Gasteiger partial charge on any atom is 0.123 e. The summed E-state index contributed by atoms with van der Waals surface area (Å²) in [6.45, 7) is -0.208. The van der Waals surface area contributed by atoms with E-state index in [4.69, 9.17) is 4.74 Å². The molecule has 0 fully saturated rings. The molecule has 23 heavy (non-hydrogen) atoms. The topological polar surface area (TPSA) is 60.2 Å². The van der Waals surface area contributed by atoms with Crippen LogP contribution in [0.3, 0.4) is 0 Å². The van der Waals surface area contributed by atoms with E-state index in [2.05, 4.69) is 10.3 Å². The molecule has 0 spiro atoms. The Labute approximate surface area is 133 Å². The van der Waals surface area contributed by atoms with Gasteiger partial charge in [0.25, 0.3) is 0 Å². The molecule has 118 valence electrons. The molecule has 1 heterocycles. The highest BCUT2D eigenvalue weighted by Crippen LogP contribution is 2.21. The lowest BCUT2D eigenvalue weighted by Gasteiger charge is -2.09. The van der Waals surface area contributed by atoms with E-state index in [1.54, 1.807) is 23.9 Å². The number of aromatic nitrogens is 3. The third-order valence-corrected chi connectivity index (χ3v) is 3.58. The molecule has 0 bridgehead atoms. The van der Waals surface area contributed by atoms with Gasteiger partial charge >= 0.3 is 0 Å². The summed E-state index contributed by atoms with van der Waals surface area (Å²) >= 11 is 0. The van der Waals surface area contributed by atoms with Gasteiger partial charge in [0.1, 0.15) is 17.3 Å². The van der Waals surface area contributed by atoms with Crippen molar-refractivity contribution in [3.8, 4) is 11.4 Å². The summed E-state index contributed by atoms with van der Waals surface area (Å²) in [5, 5.41) is 17.7. The number of hydrogen-bond donors (Lipinski definition) is 1. The Morgan fingerprint density at radius 1 is 1.17 bits per heavy atom. The maximum atomic E-state index is 13.1. The predicted octanol–water partition coefficient (Wildman–Crippen LogP) is 2.50. The van der Waals surface area contributed by atoms with Crippen LogP contribution in [0.1, 0.15) is 17.0 Å². The van der Waals surface area contributed by atoms with Crippen LogP contribution in [0.5, 0.6) is 5.75 Å². The van der Waals surface area contributed by atoms with Crippen LogP contribution in [0.2, 0.25) is 0 Å². The molecule has 0 aliphatic carbocycles. The van der Waals surface area contributed by atoms with E-state index in [9.17, 15) is 9.50 Å². The van der Waals surface area contributed by atoms with Crippen LogP contribution in [0.25, 0.3) is 5.69 Å². The van der Waals surface area contributed by atoms with Gasteiger partial charge in [-0.15, -0.1) is 5.10 Å². The molecule has 0 saturated heterocycles. The summed E-state index contributed by atoms with van der Waals surface area (Å²) in [7, 11) is 1.60. The second-order valence-electron chi connectivity index (χ2n) is 5.06. The van der Waals surface area contributed by atoms with Crippen LogP contribution in [-0.4, -0.2) is 27.2 Å². The number of benzene rings is 2. The second kappa shape index (κ2) is 6.58. The highest BCUT2D eigenvalue weighted by Gasteiger charge is 2.14. The summed E-state index contributed by atoms with van der Waals surface area (Å²) in [5.41, 5.74) is 2.95. The van der Waals surface area contributed by atoms with Crippen LogP contribution in [0.4, 0.5) is 4.39 Å². The first-order valence-electron chi connectivity index (χ1n) is 7.14. The van der Waals surface area contributed by atoms with Crippen molar-refractivity contribution in [3.63, 3.8) is 0 Å². The number of nitrogens with zero attached hydrogens (tertiary/aromatic N) is 3. The van der Waals surface area contributed by atoms with Gasteiger partial charge in [-0.3, -0.25) is 0 Å². The fraction of sp³-hybridized carbons (Fsp3) is 0.176. The molecule has 0 amide bonds. The summed E-state index contributed by atoms with van der Waals surface area (Å²) in [5.74, 6) is 0.423. The van der Waals surface area contributed by atoms with Crippen molar-refractivity contribution >= 4 is 0 Å². The number of hydrogen-bond acceptors (Lipinski definition) is 4. The molecule has 1 N–H and O–H groups in total. The van der Waals surface area contributed by atoms with Gasteiger partial charge in [-0.05, 0) is 29.8 Å². The molecule has 0 atom stereocenters. The van der Waals surface area contributed by atoms with Crippen molar-refractivity contribution in [1.29, 1.82) is 0 Å². The van der Waals surface area contributed by atoms with E-state index in [1.807, 2.05) is 24.3 Å². The smallest absolute Gasteiger partial charge is 0.123 e. The van der Waals surface area contributed by atoms with Crippen LogP contribution < -0.4 is 4.74 Å². The molecular formula is C17H16FN3O2. The van der Waals surface area contributed by atoms with Gasteiger partial charge in [-0.1, -0.05) is 23.4 Å². The van der Waals surface area contributed by atoms with Crippen LogP contribution in [-0.2, 0) is 13.0 Å². The van der Waals surface area contributed by atoms with Gasteiger partial charge in [-0.25, -0.2) is 9.07 Å². The van der Waals surface area contributed by atoms with E-state index in [1.165, 1.54) is 12.1 Å². The molecule has 1 aromatic heterocycles. The Hall–Kier alpha value is -2.73. The zero-order valence-corrected chi connectivity index (χ0v) is 12.6. The number of rotatable bonds is 5. The third-order valence-electron chi connectivity index (χ3n) is 3.58. The van der Waals surface area contributed by atoms with Crippen molar-refractivity contribution in [2.24, 2.45) is 0 Å². The summed E-state index contributed by atoms with van der Waals surface area (Å²) < 4.78 is 19.9. The van der Waals surface area contributed by atoms with Crippen LogP contribution in [0, 0.1) is 5.82 Å². The average molecular weight is 313 g/mol. The first kappa shape index (κ1) is 15.2. The lowest BCUT2D eigenvalue weighted by atomic mass is 10.1. The van der Waals surface area contributed by atoms with Crippen molar-refractivity contribution in [3.05, 3.63) is 71.3 Å². The minimum Gasteiger partial charge on any atom is -0.497 e.